The molecule has 2 fully saturated rings. The average molecular weight is 366 g/mol. The molecule has 142 valence electrons. The van der Waals surface area contributed by atoms with E-state index in [0.717, 1.165) is 25.4 Å². The van der Waals surface area contributed by atoms with Gasteiger partial charge >= 0.3 is 0 Å². The normalized spacial score (nSPS) is 20.3. The minimum atomic E-state index is 0.0297. The van der Waals surface area contributed by atoms with E-state index in [4.69, 9.17) is 9.47 Å². The zero-order chi connectivity index (χ0) is 18.6. The van der Waals surface area contributed by atoms with Crippen molar-refractivity contribution >= 4 is 5.91 Å². The predicted molar refractivity (Wildman–Crippen MR) is 104 cm³/mol. The van der Waals surface area contributed by atoms with Gasteiger partial charge in [0.15, 0.2) is 6.61 Å². The van der Waals surface area contributed by atoms with E-state index in [0.29, 0.717) is 11.8 Å². The Labute approximate surface area is 160 Å². The number of carbonyl (C=O) groups excluding carboxylic acids is 1. The summed E-state index contributed by atoms with van der Waals surface area (Å²) >= 11 is 0. The molecule has 0 N–H and O–H groups in total. The van der Waals surface area contributed by atoms with Crippen LogP contribution in [0.3, 0.4) is 0 Å². The maximum absolute atomic E-state index is 13.0. The molecule has 2 aliphatic rings. The van der Waals surface area contributed by atoms with Gasteiger partial charge in [0.1, 0.15) is 11.5 Å². The van der Waals surface area contributed by atoms with E-state index < -0.39 is 0 Å². The van der Waals surface area contributed by atoms with E-state index in [-0.39, 0.29) is 18.6 Å². The standard InChI is InChI=1S/C22H26N2O3/c1-26-19-8-5-9-20(14-19)27-16-22(25)24-13-12-23(18-10-11-18)15-21(24)17-6-3-2-4-7-17/h2-9,14,18,21H,10-13,15-16H2,1H3. The molecule has 27 heavy (non-hydrogen) atoms. The third-order valence-corrected chi connectivity index (χ3v) is 5.38. The fourth-order valence-corrected chi connectivity index (χ4v) is 3.75. The molecule has 0 bridgehead atoms. The van der Waals surface area contributed by atoms with Crippen molar-refractivity contribution in [3.8, 4) is 11.5 Å². The second-order valence-corrected chi connectivity index (χ2v) is 7.21. The first kappa shape index (κ1) is 17.9. The number of carbonyl (C=O) groups is 1. The van der Waals surface area contributed by atoms with E-state index in [1.807, 2.05) is 41.3 Å². The number of nitrogens with zero attached hydrogens (tertiary/aromatic N) is 2. The number of ether oxygens (including phenoxy) is 2. The summed E-state index contributed by atoms with van der Waals surface area (Å²) in [6.45, 7) is 2.63. The second-order valence-electron chi connectivity index (χ2n) is 7.21. The molecule has 2 aromatic rings. The molecule has 0 spiro atoms. The minimum Gasteiger partial charge on any atom is -0.497 e. The molecule has 1 aliphatic heterocycles. The zero-order valence-corrected chi connectivity index (χ0v) is 15.7. The van der Waals surface area contributed by atoms with Crippen molar-refractivity contribution in [3.63, 3.8) is 0 Å². The van der Waals surface area contributed by atoms with Gasteiger partial charge in [0.2, 0.25) is 0 Å². The molecule has 1 saturated carbocycles. The molecule has 1 atom stereocenters. The zero-order valence-electron chi connectivity index (χ0n) is 15.7. The highest BCUT2D eigenvalue weighted by Crippen LogP contribution is 2.33. The maximum atomic E-state index is 13.0. The molecule has 1 unspecified atom stereocenters. The Morgan fingerprint density at radius 3 is 2.56 bits per heavy atom. The lowest BCUT2D eigenvalue weighted by molar-refractivity contribution is -0.138. The number of hydrogen-bond donors (Lipinski definition) is 0. The van der Waals surface area contributed by atoms with Gasteiger partial charge < -0.3 is 14.4 Å². The summed E-state index contributed by atoms with van der Waals surface area (Å²) in [5.41, 5.74) is 1.19. The van der Waals surface area contributed by atoms with Crippen molar-refractivity contribution in [1.29, 1.82) is 0 Å². The van der Waals surface area contributed by atoms with Gasteiger partial charge in [-0.25, -0.2) is 0 Å². The van der Waals surface area contributed by atoms with Crippen LogP contribution in [-0.4, -0.2) is 55.1 Å². The number of methoxy groups -OCH3 is 1. The number of benzene rings is 2. The molecule has 1 heterocycles. The molecule has 5 heteroatoms. The smallest absolute Gasteiger partial charge is 0.261 e. The summed E-state index contributed by atoms with van der Waals surface area (Å²) < 4.78 is 11.0. The molecule has 5 nitrogen and oxygen atoms in total. The molecule has 0 aromatic heterocycles. The first-order valence-corrected chi connectivity index (χ1v) is 9.60. The monoisotopic (exact) mass is 366 g/mol. The first-order chi connectivity index (χ1) is 13.2. The predicted octanol–water partition coefficient (Wildman–Crippen LogP) is 3.12. The molecule has 1 amide bonds. The molecule has 1 aliphatic carbocycles. The Kier molecular flexibility index (Phi) is 5.30. The van der Waals surface area contributed by atoms with Crippen LogP contribution in [0.2, 0.25) is 0 Å². The van der Waals surface area contributed by atoms with E-state index in [9.17, 15) is 4.79 Å². The largest absolute Gasteiger partial charge is 0.497 e. The van der Waals surface area contributed by atoms with Crippen molar-refractivity contribution in [1.82, 2.24) is 9.80 Å². The average Bonchev–Trinajstić information content (AvgIpc) is 3.58. The van der Waals surface area contributed by atoms with Crippen molar-refractivity contribution in [2.45, 2.75) is 24.9 Å². The molecule has 1 saturated heterocycles. The van der Waals surface area contributed by atoms with Crippen LogP contribution in [0.4, 0.5) is 0 Å². The van der Waals surface area contributed by atoms with Crippen LogP contribution in [0.1, 0.15) is 24.4 Å². The van der Waals surface area contributed by atoms with E-state index in [1.54, 1.807) is 13.2 Å². The quantitative estimate of drug-likeness (QED) is 0.788. The van der Waals surface area contributed by atoms with Crippen molar-refractivity contribution in [2.75, 3.05) is 33.4 Å². The van der Waals surface area contributed by atoms with Crippen molar-refractivity contribution in [2.24, 2.45) is 0 Å². The van der Waals surface area contributed by atoms with E-state index in [1.165, 1.54) is 18.4 Å². The lowest BCUT2D eigenvalue weighted by atomic mass is 10.0. The van der Waals surface area contributed by atoms with E-state index in [2.05, 4.69) is 17.0 Å². The third-order valence-electron chi connectivity index (χ3n) is 5.38. The van der Waals surface area contributed by atoms with Crippen molar-refractivity contribution < 1.29 is 14.3 Å². The molecular weight excluding hydrogens is 340 g/mol. The van der Waals surface area contributed by atoms with Gasteiger partial charge in [0.05, 0.1) is 13.2 Å². The highest BCUT2D eigenvalue weighted by Gasteiger charge is 2.37. The molecule has 0 radical (unpaired) electrons. The Balaban J connectivity index is 1.45. The fraction of sp³-hybridized carbons (Fsp3) is 0.409. The fourth-order valence-electron chi connectivity index (χ4n) is 3.75. The van der Waals surface area contributed by atoms with Crippen molar-refractivity contribution in [3.05, 3.63) is 60.2 Å². The molecule has 4 rings (SSSR count). The van der Waals surface area contributed by atoms with Gasteiger partial charge in [0.25, 0.3) is 5.91 Å². The number of rotatable bonds is 6. The first-order valence-electron chi connectivity index (χ1n) is 9.60. The number of piperazine rings is 1. The summed E-state index contributed by atoms with van der Waals surface area (Å²) in [6, 6.07) is 18.5. The minimum absolute atomic E-state index is 0.0297. The SMILES string of the molecule is COc1cccc(OCC(=O)N2CCN(C3CC3)CC2c2ccccc2)c1. The molecule has 2 aromatic carbocycles. The summed E-state index contributed by atoms with van der Waals surface area (Å²) in [7, 11) is 1.62. The topological polar surface area (TPSA) is 42.0 Å². The summed E-state index contributed by atoms with van der Waals surface area (Å²) in [4.78, 5) is 17.5. The van der Waals surface area contributed by atoms with Gasteiger partial charge in [0, 0.05) is 31.7 Å². The van der Waals surface area contributed by atoms with Gasteiger partial charge in [-0.15, -0.1) is 0 Å². The van der Waals surface area contributed by atoms with Crippen LogP contribution in [0.15, 0.2) is 54.6 Å². The highest BCUT2D eigenvalue weighted by atomic mass is 16.5. The Hall–Kier alpha value is -2.53. The summed E-state index contributed by atoms with van der Waals surface area (Å²) in [6.07, 6.45) is 2.57. The lowest BCUT2D eigenvalue weighted by Crippen LogP contribution is -2.52. The van der Waals surface area contributed by atoms with Crippen LogP contribution < -0.4 is 9.47 Å². The maximum Gasteiger partial charge on any atom is 0.261 e. The van der Waals surface area contributed by atoms with Crippen LogP contribution >= 0.6 is 0 Å². The highest BCUT2D eigenvalue weighted by molar-refractivity contribution is 5.78. The van der Waals surface area contributed by atoms with Gasteiger partial charge in [-0.3, -0.25) is 9.69 Å². The Bertz CT molecular complexity index is 776. The van der Waals surface area contributed by atoms with Crippen LogP contribution in [0, 0.1) is 0 Å². The Morgan fingerprint density at radius 2 is 1.81 bits per heavy atom. The number of hydrogen-bond acceptors (Lipinski definition) is 4. The Morgan fingerprint density at radius 1 is 1.04 bits per heavy atom. The summed E-state index contributed by atoms with van der Waals surface area (Å²) in [5, 5.41) is 0. The van der Waals surface area contributed by atoms with Crippen LogP contribution in [0.25, 0.3) is 0 Å². The van der Waals surface area contributed by atoms with Gasteiger partial charge in [-0.1, -0.05) is 36.4 Å². The third kappa shape index (κ3) is 4.25. The van der Waals surface area contributed by atoms with Crippen LogP contribution in [0.5, 0.6) is 11.5 Å². The van der Waals surface area contributed by atoms with Crippen LogP contribution in [-0.2, 0) is 4.79 Å². The lowest BCUT2D eigenvalue weighted by Gasteiger charge is -2.42. The van der Waals surface area contributed by atoms with E-state index >= 15 is 0 Å². The molecular formula is C22H26N2O3. The van der Waals surface area contributed by atoms with Gasteiger partial charge in [-0.2, -0.15) is 0 Å². The number of amides is 1. The second kappa shape index (κ2) is 8.01. The van der Waals surface area contributed by atoms with Gasteiger partial charge in [-0.05, 0) is 30.5 Å². The summed E-state index contributed by atoms with van der Waals surface area (Å²) in [5.74, 6) is 1.40.